The minimum absolute atomic E-state index is 0.101. The van der Waals surface area contributed by atoms with Crippen molar-refractivity contribution in [2.24, 2.45) is 0 Å². The van der Waals surface area contributed by atoms with Crippen molar-refractivity contribution in [1.82, 2.24) is 4.98 Å². The van der Waals surface area contributed by atoms with Gasteiger partial charge < -0.3 is 5.32 Å². The van der Waals surface area contributed by atoms with Crippen LogP contribution < -0.4 is 5.32 Å². The van der Waals surface area contributed by atoms with Gasteiger partial charge in [-0.05, 0) is 44.0 Å². The van der Waals surface area contributed by atoms with Crippen molar-refractivity contribution in [3.63, 3.8) is 0 Å². The number of hydrogen-bond acceptors (Lipinski definition) is 3. The van der Waals surface area contributed by atoms with Crippen molar-refractivity contribution in [3.8, 4) is 0 Å². The molecule has 1 N–H and O–H groups in total. The number of hydrogen-bond donors (Lipinski definition) is 1. The number of carbonyl (C=O) groups is 1. The third kappa shape index (κ3) is 2.62. The second-order valence-corrected chi connectivity index (χ2v) is 5.79. The smallest absolute Gasteiger partial charge is 0.267 e. The van der Waals surface area contributed by atoms with Crippen LogP contribution in [0.25, 0.3) is 0 Å². The molecule has 0 radical (unpaired) electrons. The first-order valence-electron chi connectivity index (χ1n) is 5.47. The molecule has 0 aliphatic carbocycles. The lowest BCUT2D eigenvalue weighted by molar-refractivity contribution is 0.103. The van der Waals surface area contributed by atoms with Crippen LogP contribution in [0.2, 0.25) is 0 Å². The van der Waals surface area contributed by atoms with E-state index < -0.39 is 0 Å². The second-order valence-electron chi connectivity index (χ2n) is 4.15. The number of aryl methyl sites for hydroxylation is 3. The summed E-state index contributed by atoms with van der Waals surface area (Å²) < 4.78 is 1.08. The Morgan fingerprint density at radius 2 is 1.89 bits per heavy atom. The molecule has 2 rings (SSSR count). The SMILES string of the molecule is Cc1cc(NC(=O)c2scnc2C)cc(C)c1Br. The van der Waals surface area contributed by atoms with Crippen LogP contribution in [0.15, 0.2) is 22.1 Å². The quantitative estimate of drug-likeness (QED) is 0.904. The molecule has 0 saturated heterocycles. The number of carbonyl (C=O) groups excluding carboxylic acids is 1. The molecule has 5 heteroatoms. The molecule has 0 unspecified atom stereocenters. The predicted octanol–water partition coefficient (Wildman–Crippen LogP) is 4.08. The molecular formula is C13H13BrN2OS. The van der Waals surface area contributed by atoms with E-state index in [1.165, 1.54) is 11.3 Å². The molecule has 0 fully saturated rings. The monoisotopic (exact) mass is 324 g/mol. The van der Waals surface area contributed by atoms with E-state index in [-0.39, 0.29) is 5.91 Å². The average molecular weight is 325 g/mol. The Balaban J connectivity index is 2.25. The summed E-state index contributed by atoms with van der Waals surface area (Å²) in [5, 5.41) is 2.90. The van der Waals surface area contributed by atoms with Crippen molar-refractivity contribution in [2.45, 2.75) is 20.8 Å². The van der Waals surface area contributed by atoms with Crippen LogP contribution in [-0.2, 0) is 0 Å². The number of rotatable bonds is 2. The summed E-state index contributed by atoms with van der Waals surface area (Å²) in [6, 6.07) is 3.90. The summed E-state index contributed by atoms with van der Waals surface area (Å²) >= 11 is 4.87. The normalized spacial score (nSPS) is 10.4. The minimum atomic E-state index is -0.101. The zero-order valence-corrected chi connectivity index (χ0v) is 12.8. The Hall–Kier alpha value is -1.20. The van der Waals surface area contributed by atoms with E-state index in [1.54, 1.807) is 5.51 Å². The van der Waals surface area contributed by atoms with Crippen LogP contribution >= 0.6 is 27.3 Å². The molecule has 1 aromatic heterocycles. The van der Waals surface area contributed by atoms with Gasteiger partial charge in [-0.1, -0.05) is 15.9 Å². The summed E-state index contributed by atoms with van der Waals surface area (Å²) in [6.07, 6.45) is 0. The molecular weight excluding hydrogens is 312 g/mol. The van der Waals surface area contributed by atoms with E-state index in [0.717, 1.165) is 27.0 Å². The number of aromatic nitrogens is 1. The van der Waals surface area contributed by atoms with Crippen LogP contribution in [0.5, 0.6) is 0 Å². The number of thiazole rings is 1. The summed E-state index contributed by atoms with van der Waals surface area (Å²) in [5.74, 6) is -0.101. The first-order valence-corrected chi connectivity index (χ1v) is 7.14. The van der Waals surface area contributed by atoms with Gasteiger partial charge >= 0.3 is 0 Å². The van der Waals surface area contributed by atoms with Crippen molar-refractivity contribution < 1.29 is 4.79 Å². The summed E-state index contributed by atoms with van der Waals surface area (Å²) in [4.78, 5) is 16.8. The Bertz CT molecular complexity index is 584. The molecule has 1 heterocycles. The van der Waals surface area contributed by atoms with E-state index in [1.807, 2.05) is 32.9 Å². The fourth-order valence-corrected chi connectivity index (χ4v) is 2.65. The number of anilines is 1. The van der Waals surface area contributed by atoms with Crippen molar-refractivity contribution in [2.75, 3.05) is 5.32 Å². The van der Waals surface area contributed by atoms with Gasteiger partial charge in [-0.25, -0.2) is 4.98 Å². The van der Waals surface area contributed by atoms with Crippen LogP contribution in [0.4, 0.5) is 5.69 Å². The molecule has 0 aliphatic rings. The number of nitrogens with zero attached hydrogens (tertiary/aromatic N) is 1. The molecule has 1 amide bonds. The lowest BCUT2D eigenvalue weighted by Crippen LogP contribution is -2.11. The van der Waals surface area contributed by atoms with Gasteiger partial charge in [0.1, 0.15) is 4.88 Å². The van der Waals surface area contributed by atoms with Gasteiger partial charge in [-0.3, -0.25) is 4.79 Å². The molecule has 0 saturated carbocycles. The van der Waals surface area contributed by atoms with Gasteiger partial charge in [0.15, 0.2) is 0 Å². The fraction of sp³-hybridized carbons (Fsp3) is 0.231. The molecule has 1 aromatic carbocycles. The third-order valence-corrected chi connectivity index (χ3v) is 4.82. The zero-order valence-electron chi connectivity index (χ0n) is 10.4. The molecule has 18 heavy (non-hydrogen) atoms. The van der Waals surface area contributed by atoms with Crippen LogP contribution in [0, 0.1) is 20.8 Å². The zero-order chi connectivity index (χ0) is 13.3. The summed E-state index contributed by atoms with van der Waals surface area (Å²) in [5.41, 5.74) is 5.47. The van der Waals surface area contributed by atoms with Crippen LogP contribution in [0.3, 0.4) is 0 Å². The second kappa shape index (κ2) is 5.20. The highest BCUT2D eigenvalue weighted by atomic mass is 79.9. The highest BCUT2D eigenvalue weighted by molar-refractivity contribution is 9.10. The highest BCUT2D eigenvalue weighted by Gasteiger charge is 2.12. The van der Waals surface area contributed by atoms with Crippen molar-refractivity contribution >= 4 is 38.9 Å². The first kappa shape index (κ1) is 13.2. The Labute approximate surface area is 118 Å². The molecule has 0 spiro atoms. The maximum absolute atomic E-state index is 12.1. The maximum Gasteiger partial charge on any atom is 0.267 e. The predicted molar refractivity (Wildman–Crippen MR) is 78.4 cm³/mol. The molecule has 3 nitrogen and oxygen atoms in total. The van der Waals surface area contributed by atoms with Gasteiger partial charge in [-0.2, -0.15) is 0 Å². The number of nitrogens with one attached hydrogen (secondary N) is 1. The van der Waals surface area contributed by atoms with Crippen LogP contribution in [0.1, 0.15) is 26.5 Å². The Morgan fingerprint density at radius 3 is 2.39 bits per heavy atom. The number of amides is 1. The molecule has 2 aromatic rings. The lowest BCUT2D eigenvalue weighted by Gasteiger charge is -2.09. The topological polar surface area (TPSA) is 42.0 Å². The van der Waals surface area contributed by atoms with E-state index in [9.17, 15) is 4.79 Å². The maximum atomic E-state index is 12.1. The number of halogens is 1. The molecule has 94 valence electrons. The van der Waals surface area contributed by atoms with E-state index >= 15 is 0 Å². The van der Waals surface area contributed by atoms with Gasteiger partial charge in [0.25, 0.3) is 5.91 Å². The number of benzene rings is 1. The summed E-state index contributed by atoms with van der Waals surface area (Å²) in [7, 11) is 0. The average Bonchev–Trinajstić information content (AvgIpc) is 2.72. The molecule has 0 aliphatic heterocycles. The molecule has 0 bridgehead atoms. The molecule has 0 atom stereocenters. The first-order chi connectivity index (χ1) is 8.49. The summed E-state index contributed by atoms with van der Waals surface area (Å²) in [6.45, 7) is 5.85. The van der Waals surface area contributed by atoms with Gasteiger partial charge in [-0.15, -0.1) is 11.3 Å². The van der Waals surface area contributed by atoms with Crippen molar-refractivity contribution in [1.29, 1.82) is 0 Å². The third-order valence-electron chi connectivity index (χ3n) is 2.65. The van der Waals surface area contributed by atoms with E-state index in [0.29, 0.717) is 4.88 Å². The van der Waals surface area contributed by atoms with Gasteiger partial charge in [0.2, 0.25) is 0 Å². The van der Waals surface area contributed by atoms with E-state index in [2.05, 4.69) is 26.2 Å². The standard InChI is InChI=1S/C13H13BrN2OS/c1-7-4-10(5-8(2)11(7)14)16-13(17)12-9(3)15-6-18-12/h4-6H,1-3H3,(H,16,17). The Kier molecular flexibility index (Phi) is 3.82. The largest absolute Gasteiger partial charge is 0.321 e. The Morgan fingerprint density at radius 1 is 1.28 bits per heavy atom. The highest BCUT2D eigenvalue weighted by Crippen LogP contribution is 2.25. The van der Waals surface area contributed by atoms with Crippen molar-refractivity contribution in [3.05, 3.63) is 43.8 Å². The van der Waals surface area contributed by atoms with Crippen LogP contribution in [-0.4, -0.2) is 10.9 Å². The fourth-order valence-electron chi connectivity index (χ4n) is 1.73. The van der Waals surface area contributed by atoms with E-state index in [4.69, 9.17) is 0 Å². The van der Waals surface area contributed by atoms with Gasteiger partial charge in [0, 0.05) is 10.2 Å². The minimum Gasteiger partial charge on any atom is -0.321 e. The van der Waals surface area contributed by atoms with Gasteiger partial charge in [0.05, 0.1) is 11.2 Å². The lowest BCUT2D eigenvalue weighted by atomic mass is 10.1.